The zero-order valence-electron chi connectivity index (χ0n) is 13.3. The third kappa shape index (κ3) is 3.32. The highest BCUT2D eigenvalue weighted by atomic mass is 32.2. The second-order valence-corrected chi connectivity index (χ2v) is 7.57. The molecule has 0 radical (unpaired) electrons. The molecule has 1 heterocycles. The first kappa shape index (κ1) is 18.1. The van der Waals surface area contributed by atoms with E-state index in [-0.39, 0.29) is 22.3 Å². The fourth-order valence-electron chi connectivity index (χ4n) is 2.54. The number of nitrogens with zero attached hydrogens (tertiary/aromatic N) is 1. The van der Waals surface area contributed by atoms with Crippen molar-refractivity contribution in [3.05, 3.63) is 72.1 Å². The molecule has 0 saturated heterocycles. The number of hydrogen-bond acceptors (Lipinski definition) is 3. The molecule has 0 aliphatic heterocycles. The highest BCUT2D eigenvalue weighted by Gasteiger charge is 2.20. The molecule has 2 aromatic carbocycles. The van der Waals surface area contributed by atoms with E-state index in [4.69, 9.17) is 0 Å². The van der Waals surface area contributed by atoms with Gasteiger partial charge in [0.05, 0.1) is 0 Å². The Bertz CT molecular complexity index is 1110. The van der Waals surface area contributed by atoms with E-state index >= 15 is 0 Å². The SMILES string of the molecule is CS(=O)(=O)c1cc(F)c(-c2cnccc2-c2ccc(F)c(F)c2)cc1F. The Balaban J connectivity index is 2.23. The van der Waals surface area contributed by atoms with E-state index in [0.717, 1.165) is 24.5 Å². The van der Waals surface area contributed by atoms with Gasteiger partial charge in [0.25, 0.3) is 0 Å². The standard InChI is InChI=1S/C18H11F4NO2S/c1-26(24,25)18-8-15(20)12(7-17(18)22)13-9-23-5-4-11(13)10-2-3-14(19)16(21)6-10/h2-9H,1H3. The van der Waals surface area contributed by atoms with Crippen molar-refractivity contribution >= 4 is 9.84 Å². The first-order valence-corrected chi connectivity index (χ1v) is 9.16. The summed E-state index contributed by atoms with van der Waals surface area (Å²) in [6, 6.07) is 5.89. The Hall–Kier alpha value is -2.74. The minimum absolute atomic E-state index is 0.106. The van der Waals surface area contributed by atoms with E-state index in [1.165, 1.54) is 24.5 Å². The second-order valence-electron chi connectivity index (χ2n) is 5.58. The molecule has 3 rings (SSSR count). The molecule has 0 fully saturated rings. The highest BCUT2D eigenvalue weighted by Crippen LogP contribution is 2.35. The zero-order valence-corrected chi connectivity index (χ0v) is 14.1. The van der Waals surface area contributed by atoms with Crippen molar-refractivity contribution in [2.45, 2.75) is 4.90 Å². The number of rotatable bonds is 3. The van der Waals surface area contributed by atoms with Gasteiger partial charge in [-0.15, -0.1) is 0 Å². The van der Waals surface area contributed by atoms with Gasteiger partial charge >= 0.3 is 0 Å². The fraction of sp³-hybridized carbons (Fsp3) is 0.0556. The molecule has 0 aliphatic rings. The molecule has 8 heteroatoms. The maximum absolute atomic E-state index is 14.5. The maximum atomic E-state index is 14.5. The summed E-state index contributed by atoms with van der Waals surface area (Å²) in [5, 5.41) is 0. The number of benzene rings is 2. The lowest BCUT2D eigenvalue weighted by Crippen LogP contribution is -2.03. The van der Waals surface area contributed by atoms with Crippen molar-refractivity contribution in [3.8, 4) is 22.3 Å². The summed E-state index contributed by atoms with van der Waals surface area (Å²) in [6.45, 7) is 0. The molecule has 0 atom stereocenters. The van der Waals surface area contributed by atoms with Crippen LogP contribution in [0.15, 0.2) is 53.7 Å². The Kier molecular flexibility index (Phi) is 4.53. The summed E-state index contributed by atoms with van der Waals surface area (Å²) >= 11 is 0. The van der Waals surface area contributed by atoms with E-state index < -0.39 is 38.0 Å². The molecule has 0 bridgehead atoms. The van der Waals surface area contributed by atoms with Crippen molar-refractivity contribution in [1.82, 2.24) is 4.98 Å². The van der Waals surface area contributed by atoms with Crippen molar-refractivity contribution in [2.75, 3.05) is 6.26 Å². The first-order chi connectivity index (χ1) is 12.2. The molecule has 0 amide bonds. The number of pyridine rings is 1. The van der Waals surface area contributed by atoms with Gasteiger partial charge < -0.3 is 0 Å². The Labute approximate surface area is 146 Å². The monoisotopic (exact) mass is 381 g/mol. The van der Waals surface area contributed by atoms with Crippen molar-refractivity contribution < 1.29 is 26.0 Å². The van der Waals surface area contributed by atoms with Gasteiger partial charge in [-0.25, -0.2) is 26.0 Å². The molecule has 0 spiro atoms. The Morgan fingerprint density at radius 1 is 0.769 bits per heavy atom. The van der Waals surface area contributed by atoms with Crippen molar-refractivity contribution in [2.24, 2.45) is 0 Å². The molecule has 3 nitrogen and oxygen atoms in total. The lowest BCUT2D eigenvalue weighted by Gasteiger charge is -2.12. The van der Waals surface area contributed by atoms with E-state index in [0.29, 0.717) is 6.07 Å². The van der Waals surface area contributed by atoms with Gasteiger partial charge in [0.1, 0.15) is 16.5 Å². The van der Waals surface area contributed by atoms with Crippen LogP contribution in [0.4, 0.5) is 17.6 Å². The van der Waals surface area contributed by atoms with Crippen LogP contribution in [-0.4, -0.2) is 19.7 Å². The molecule has 26 heavy (non-hydrogen) atoms. The lowest BCUT2D eigenvalue weighted by atomic mass is 9.96. The molecular weight excluding hydrogens is 370 g/mol. The molecule has 0 unspecified atom stereocenters. The Morgan fingerprint density at radius 3 is 2.15 bits per heavy atom. The summed E-state index contributed by atoms with van der Waals surface area (Å²) in [5.41, 5.74) is 0.371. The van der Waals surface area contributed by atoms with Gasteiger partial charge in [-0.2, -0.15) is 0 Å². The lowest BCUT2D eigenvalue weighted by molar-refractivity contribution is 0.509. The van der Waals surface area contributed by atoms with E-state index in [9.17, 15) is 26.0 Å². The molecule has 134 valence electrons. The summed E-state index contributed by atoms with van der Waals surface area (Å²) < 4.78 is 78.4. The normalized spacial score (nSPS) is 11.6. The predicted octanol–water partition coefficient (Wildman–Crippen LogP) is 4.38. The third-order valence-corrected chi connectivity index (χ3v) is 4.87. The third-order valence-electron chi connectivity index (χ3n) is 3.76. The topological polar surface area (TPSA) is 47.0 Å². The van der Waals surface area contributed by atoms with Gasteiger partial charge in [-0.05, 0) is 41.5 Å². The number of hydrogen-bond donors (Lipinski definition) is 0. The minimum atomic E-state index is -3.95. The van der Waals surface area contributed by atoms with Crippen molar-refractivity contribution in [1.29, 1.82) is 0 Å². The van der Waals surface area contributed by atoms with E-state index in [1.54, 1.807) is 0 Å². The molecular formula is C18H11F4NO2S. The zero-order chi connectivity index (χ0) is 19.1. The molecule has 1 aromatic heterocycles. The second kappa shape index (κ2) is 6.53. The van der Waals surface area contributed by atoms with Crippen LogP contribution in [0.2, 0.25) is 0 Å². The van der Waals surface area contributed by atoms with Crippen LogP contribution in [0.1, 0.15) is 0 Å². The van der Waals surface area contributed by atoms with Crippen LogP contribution in [-0.2, 0) is 9.84 Å². The quantitative estimate of drug-likeness (QED) is 0.633. The van der Waals surface area contributed by atoms with Gasteiger partial charge in [0, 0.05) is 29.8 Å². The van der Waals surface area contributed by atoms with Crippen LogP contribution >= 0.6 is 0 Å². The number of aromatic nitrogens is 1. The largest absolute Gasteiger partial charge is 0.264 e. The van der Waals surface area contributed by atoms with Gasteiger partial charge in [0.15, 0.2) is 21.5 Å². The van der Waals surface area contributed by atoms with Crippen LogP contribution in [0.25, 0.3) is 22.3 Å². The van der Waals surface area contributed by atoms with Crippen LogP contribution in [0, 0.1) is 23.3 Å². The van der Waals surface area contributed by atoms with Crippen LogP contribution in [0.5, 0.6) is 0 Å². The molecule has 3 aromatic rings. The molecule has 0 aliphatic carbocycles. The highest BCUT2D eigenvalue weighted by molar-refractivity contribution is 7.90. The van der Waals surface area contributed by atoms with Crippen molar-refractivity contribution in [3.63, 3.8) is 0 Å². The Morgan fingerprint density at radius 2 is 1.50 bits per heavy atom. The van der Waals surface area contributed by atoms with Gasteiger partial charge in [0.2, 0.25) is 0 Å². The average Bonchev–Trinajstić information content (AvgIpc) is 2.58. The summed E-state index contributed by atoms with van der Waals surface area (Å²) in [7, 11) is -3.95. The van der Waals surface area contributed by atoms with Crippen LogP contribution < -0.4 is 0 Å². The van der Waals surface area contributed by atoms with E-state index in [2.05, 4.69) is 4.98 Å². The van der Waals surface area contributed by atoms with E-state index in [1.807, 2.05) is 0 Å². The van der Waals surface area contributed by atoms with Crippen LogP contribution in [0.3, 0.4) is 0 Å². The number of sulfone groups is 1. The number of halogens is 4. The van der Waals surface area contributed by atoms with Gasteiger partial charge in [-0.3, -0.25) is 4.98 Å². The van der Waals surface area contributed by atoms with Gasteiger partial charge in [-0.1, -0.05) is 6.07 Å². The summed E-state index contributed by atoms with van der Waals surface area (Å²) in [5.74, 6) is -4.24. The first-order valence-electron chi connectivity index (χ1n) is 7.27. The summed E-state index contributed by atoms with van der Waals surface area (Å²) in [4.78, 5) is 3.09. The molecule has 0 saturated carbocycles. The average molecular weight is 381 g/mol. The predicted molar refractivity (Wildman–Crippen MR) is 88.1 cm³/mol. The fourth-order valence-corrected chi connectivity index (χ4v) is 3.27. The minimum Gasteiger partial charge on any atom is -0.264 e. The maximum Gasteiger partial charge on any atom is 0.178 e. The summed E-state index contributed by atoms with van der Waals surface area (Å²) in [6.07, 6.45) is 3.36. The smallest absolute Gasteiger partial charge is 0.178 e. The molecule has 0 N–H and O–H groups in total.